The minimum absolute atomic E-state index is 0.0488. The number of likely N-dealkylation sites (tertiary alicyclic amines) is 2. The van der Waals surface area contributed by atoms with E-state index in [2.05, 4.69) is 15.0 Å². The Morgan fingerprint density at radius 1 is 1.25 bits per heavy atom. The number of hydrogen-bond acceptors (Lipinski definition) is 6. The number of ether oxygens (including phenoxy) is 1. The van der Waals surface area contributed by atoms with E-state index in [4.69, 9.17) is 5.73 Å². The molecule has 32 heavy (non-hydrogen) atoms. The van der Waals surface area contributed by atoms with Crippen molar-refractivity contribution in [2.24, 2.45) is 5.73 Å². The lowest BCUT2D eigenvalue weighted by molar-refractivity contribution is -0.274. The molecular formula is C21H25F4N5O2. The van der Waals surface area contributed by atoms with Crippen molar-refractivity contribution in [2.75, 3.05) is 31.5 Å². The average Bonchev–Trinajstić information content (AvgIpc) is 3.08. The van der Waals surface area contributed by atoms with Crippen molar-refractivity contribution >= 4 is 22.5 Å². The molecule has 2 aromatic rings. The molecule has 2 aliphatic rings. The smallest absolute Gasteiger partial charge is 0.403 e. The first kappa shape index (κ1) is 22.5. The highest BCUT2D eigenvalue weighted by atomic mass is 19.4. The number of piperidine rings is 1. The summed E-state index contributed by atoms with van der Waals surface area (Å²) in [6.45, 7) is 1.57. The van der Waals surface area contributed by atoms with Crippen LogP contribution in [-0.2, 0) is 4.79 Å². The third-order valence-corrected chi connectivity index (χ3v) is 5.88. The molecule has 174 valence electrons. The van der Waals surface area contributed by atoms with Crippen LogP contribution in [-0.4, -0.2) is 71.6 Å². The highest BCUT2D eigenvalue weighted by Gasteiger charge is 2.34. The number of hydrogen-bond donors (Lipinski definition) is 2. The van der Waals surface area contributed by atoms with Gasteiger partial charge in [0.05, 0.1) is 19.3 Å². The van der Waals surface area contributed by atoms with E-state index in [1.165, 1.54) is 17.2 Å². The van der Waals surface area contributed by atoms with Crippen LogP contribution in [0.4, 0.5) is 23.2 Å². The average molecular weight is 455 g/mol. The lowest BCUT2D eigenvalue weighted by Gasteiger charge is -2.34. The second-order valence-electron chi connectivity index (χ2n) is 8.20. The molecule has 11 heteroatoms. The van der Waals surface area contributed by atoms with Crippen molar-refractivity contribution in [1.29, 1.82) is 0 Å². The Morgan fingerprint density at radius 2 is 2.00 bits per heavy atom. The van der Waals surface area contributed by atoms with Crippen molar-refractivity contribution in [3.63, 3.8) is 0 Å². The third-order valence-electron chi connectivity index (χ3n) is 5.88. The number of nitrogens with one attached hydrogen (secondary N) is 1. The van der Waals surface area contributed by atoms with E-state index in [9.17, 15) is 22.4 Å². The predicted molar refractivity (Wildman–Crippen MR) is 111 cm³/mol. The van der Waals surface area contributed by atoms with Crippen molar-refractivity contribution in [3.8, 4) is 5.75 Å². The van der Waals surface area contributed by atoms with Crippen LogP contribution in [0.1, 0.15) is 19.3 Å². The summed E-state index contributed by atoms with van der Waals surface area (Å²) >= 11 is 0. The van der Waals surface area contributed by atoms with Gasteiger partial charge in [0.2, 0.25) is 5.91 Å². The number of nitrogens with two attached hydrogens (primary N) is 1. The fourth-order valence-electron chi connectivity index (χ4n) is 4.32. The van der Waals surface area contributed by atoms with Crippen LogP contribution in [0.5, 0.6) is 5.75 Å². The van der Waals surface area contributed by atoms with E-state index in [0.717, 1.165) is 12.8 Å². The van der Waals surface area contributed by atoms with Gasteiger partial charge in [0, 0.05) is 42.8 Å². The molecule has 0 radical (unpaired) electrons. The maximum Gasteiger partial charge on any atom is 0.573 e. The van der Waals surface area contributed by atoms with E-state index in [1.807, 2.05) is 4.90 Å². The van der Waals surface area contributed by atoms with Gasteiger partial charge in [0.15, 0.2) is 5.75 Å². The number of nitrogens with zero attached hydrogens (tertiary/aromatic N) is 3. The number of rotatable bonds is 5. The highest BCUT2D eigenvalue weighted by Crippen LogP contribution is 2.34. The number of carbonyl (C=O) groups is 1. The predicted octanol–water partition coefficient (Wildman–Crippen LogP) is 2.86. The fraction of sp³-hybridized carbons (Fsp3) is 0.524. The Bertz CT molecular complexity index is 965. The molecule has 2 saturated heterocycles. The first-order valence-corrected chi connectivity index (χ1v) is 10.5. The third kappa shape index (κ3) is 5.21. The number of anilines is 1. The van der Waals surface area contributed by atoms with E-state index in [1.54, 1.807) is 18.2 Å². The summed E-state index contributed by atoms with van der Waals surface area (Å²) in [6.07, 6.45) is -3.35. The summed E-state index contributed by atoms with van der Waals surface area (Å²) in [4.78, 5) is 19.9. The van der Waals surface area contributed by atoms with Crippen LogP contribution in [0.15, 0.2) is 30.5 Å². The van der Waals surface area contributed by atoms with E-state index in [0.29, 0.717) is 24.2 Å². The topological polar surface area (TPSA) is 83.7 Å². The number of halogens is 4. The second-order valence-corrected chi connectivity index (χ2v) is 8.20. The van der Waals surface area contributed by atoms with Crippen LogP contribution in [0.25, 0.3) is 10.9 Å². The molecular weight excluding hydrogens is 430 g/mol. The maximum absolute atomic E-state index is 13.5. The maximum atomic E-state index is 13.5. The fourth-order valence-corrected chi connectivity index (χ4v) is 4.32. The van der Waals surface area contributed by atoms with Gasteiger partial charge < -0.3 is 20.7 Å². The molecule has 2 aliphatic heterocycles. The summed E-state index contributed by atoms with van der Waals surface area (Å²) < 4.78 is 55.6. The van der Waals surface area contributed by atoms with Gasteiger partial charge >= 0.3 is 6.36 Å². The quantitative estimate of drug-likeness (QED) is 0.675. The largest absolute Gasteiger partial charge is 0.573 e. The number of amides is 1. The summed E-state index contributed by atoms with van der Waals surface area (Å²) in [5.41, 5.74) is 6.64. The molecule has 2 fully saturated rings. The van der Waals surface area contributed by atoms with Crippen molar-refractivity contribution in [1.82, 2.24) is 14.8 Å². The molecule has 1 amide bonds. The summed E-state index contributed by atoms with van der Waals surface area (Å²) in [5, 5.41) is 3.92. The number of aromatic nitrogens is 1. The van der Waals surface area contributed by atoms with Gasteiger partial charge in [-0.2, -0.15) is 0 Å². The first-order chi connectivity index (χ1) is 15.2. The number of pyridine rings is 1. The van der Waals surface area contributed by atoms with Gasteiger partial charge in [-0.05, 0) is 37.1 Å². The second kappa shape index (κ2) is 9.07. The first-order valence-electron chi connectivity index (χ1n) is 10.5. The summed E-state index contributed by atoms with van der Waals surface area (Å²) in [7, 11) is 0. The van der Waals surface area contributed by atoms with Gasteiger partial charge in [0.25, 0.3) is 0 Å². The standard InChI is InChI=1S/C21H25F4N5O2/c22-13-10-18(26)30(11-13)19(31)12-29-8-5-14(6-9-29)28-16-3-4-17(32-21(23,24)25)20-15(16)2-1-7-27-20/h1-4,7,13-14,18,28H,5-6,8-12,26H2/t13-,18-/m0/s1. The molecule has 1 aromatic carbocycles. The van der Waals surface area contributed by atoms with Crippen LogP contribution in [0.3, 0.4) is 0 Å². The van der Waals surface area contributed by atoms with Gasteiger partial charge in [-0.15, -0.1) is 13.2 Å². The molecule has 0 bridgehead atoms. The molecule has 3 N–H and O–H groups in total. The number of carbonyl (C=O) groups excluding carboxylic acids is 1. The number of benzene rings is 1. The van der Waals surface area contributed by atoms with Crippen LogP contribution in [0.2, 0.25) is 0 Å². The monoisotopic (exact) mass is 455 g/mol. The molecule has 3 heterocycles. The SMILES string of the molecule is N[C@@H]1C[C@H](F)CN1C(=O)CN1CCC(Nc2ccc(OC(F)(F)F)c3ncccc23)CC1. The van der Waals surface area contributed by atoms with Gasteiger partial charge in [0.1, 0.15) is 11.7 Å². The Morgan fingerprint density at radius 3 is 2.66 bits per heavy atom. The molecule has 4 rings (SSSR count). The highest BCUT2D eigenvalue weighted by molar-refractivity contribution is 5.95. The van der Waals surface area contributed by atoms with Gasteiger partial charge in [-0.1, -0.05) is 0 Å². The molecule has 2 atom stereocenters. The Hall–Kier alpha value is -2.66. The van der Waals surface area contributed by atoms with Crippen molar-refractivity contribution in [3.05, 3.63) is 30.5 Å². The van der Waals surface area contributed by atoms with Crippen LogP contribution in [0, 0.1) is 0 Å². The molecule has 7 nitrogen and oxygen atoms in total. The van der Waals surface area contributed by atoms with Gasteiger partial charge in [-0.25, -0.2) is 4.39 Å². The number of alkyl halides is 4. The Kier molecular flexibility index (Phi) is 6.38. The minimum Gasteiger partial charge on any atom is -0.403 e. The van der Waals surface area contributed by atoms with Crippen LogP contribution < -0.4 is 15.8 Å². The lowest BCUT2D eigenvalue weighted by atomic mass is 10.0. The molecule has 1 aromatic heterocycles. The zero-order valence-corrected chi connectivity index (χ0v) is 17.3. The van der Waals surface area contributed by atoms with Crippen LogP contribution >= 0.6 is 0 Å². The molecule has 0 spiro atoms. The van der Waals surface area contributed by atoms with Gasteiger partial charge in [-0.3, -0.25) is 14.7 Å². The summed E-state index contributed by atoms with van der Waals surface area (Å²) in [5.74, 6) is -0.510. The van der Waals surface area contributed by atoms with E-state index in [-0.39, 0.29) is 42.7 Å². The molecule has 0 saturated carbocycles. The number of fused-ring (bicyclic) bond motifs is 1. The Balaban J connectivity index is 1.36. The molecule has 0 unspecified atom stereocenters. The lowest BCUT2D eigenvalue weighted by Crippen LogP contribution is -2.48. The van der Waals surface area contributed by atoms with E-state index < -0.39 is 18.7 Å². The normalized spacial score (nSPS) is 23.0. The zero-order valence-electron chi connectivity index (χ0n) is 17.3. The summed E-state index contributed by atoms with van der Waals surface area (Å²) in [6, 6.07) is 6.26. The zero-order chi connectivity index (χ0) is 22.9. The van der Waals surface area contributed by atoms with Crippen molar-refractivity contribution < 1.29 is 27.1 Å². The van der Waals surface area contributed by atoms with Crippen molar-refractivity contribution in [2.45, 2.75) is 44.0 Å². The minimum atomic E-state index is -4.80. The van der Waals surface area contributed by atoms with E-state index >= 15 is 0 Å². The molecule has 0 aliphatic carbocycles. The Labute approximate surface area is 182 Å².